The van der Waals surface area contributed by atoms with Gasteiger partial charge in [-0.3, -0.25) is 9.69 Å². The first-order valence-corrected chi connectivity index (χ1v) is 9.23. The molecular formula is C19H38N2O3. The fourth-order valence-corrected chi connectivity index (χ4v) is 3.29. The first-order chi connectivity index (χ1) is 11.2. The molecular weight excluding hydrogens is 304 g/mol. The highest BCUT2D eigenvalue weighted by molar-refractivity contribution is 5.76. The summed E-state index contributed by atoms with van der Waals surface area (Å²) >= 11 is 0. The minimum absolute atomic E-state index is 0.0214. The molecule has 0 aromatic rings. The van der Waals surface area contributed by atoms with Gasteiger partial charge in [-0.1, -0.05) is 47.5 Å². The molecule has 2 N–H and O–H groups in total. The van der Waals surface area contributed by atoms with E-state index in [0.717, 1.165) is 18.6 Å². The summed E-state index contributed by atoms with van der Waals surface area (Å²) in [5, 5.41) is 0. The smallest absolute Gasteiger partial charge is 0.323 e. The van der Waals surface area contributed by atoms with Gasteiger partial charge in [0.2, 0.25) is 0 Å². The largest absolute Gasteiger partial charge is 0.468 e. The first kappa shape index (κ1) is 23.1. The van der Waals surface area contributed by atoms with Crippen molar-refractivity contribution < 1.29 is 14.3 Å². The topological polar surface area (TPSA) is 72.6 Å². The van der Waals surface area contributed by atoms with E-state index in [1.165, 1.54) is 32.8 Å². The summed E-state index contributed by atoms with van der Waals surface area (Å²) in [4.78, 5) is 23.8. The molecule has 0 radical (unpaired) electrons. The quantitative estimate of drug-likeness (QED) is 0.617. The number of hydrogen-bond donors (Lipinski definition) is 1. The Morgan fingerprint density at radius 1 is 1.25 bits per heavy atom. The minimum atomic E-state index is -0.331. The summed E-state index contributed by atoms with van der Waals surface area (Å²) in [5.74, 6) is 0.680. The zero-order valence-corrected chi connectivity index (χ0v) is 16.7. The Kier molecular flexibility index (Phi) is 10.4. The molecule has 1 aliphatic carbocycles. The van der Waals surface area contributed by atoms with Crippen LogP contribution in [-0.2, 0) is 14.3 Å². The monoisotopic (exact) mass is 342 g/mol. The number of hydrogen-bond acceptors (Lipinski definition) is 5. The Morgan fingerprint density at radius 2 is 1.79 bits per heavy atom. The van der Waals surface area contributed by atoms with E-state index in [2.05, 4.69) is 11.9 Å². The predicted molar refractivity (Wildman–Crippen MR) is 98.8 cm³/mol. The average molecular weight is 343 g/mol. The van der Waals surface area contributed by atoms with Gasteiger partial charge in [0.05, 0.1) is 13.2 Å². The zero-order valence-electron chi connectivity index (χ0n) is 16.7. The van der Waals surface area contributed by atoms with Crippen molar-refractivity contribution in [2.45, 2.75) is 84.8 Å². The van der Waals surface area contributed by atoms with E-state index in [4.69, 9.17) is 10.5 Å². The molecule has 0 spiro atoms. The number of rotatable bonds is 2. The molecule has 1 aliphatic heterocycles. The van der Waals surface area contributed by atoms with E-state index in [1.807, 2.05) is 34.6 Å². The van der Waals surface area contributed by atoms with Crippen LogP contribution in [0.3, 0.4) is 0 Å². The molecule has 2 aliphatic rings. The second-order valence-electron chi connectivity index (χ2n) is 7.58. The van der Waals surface area contributed by atoms with Crippen LogP contribution < -0.4 is 5.73 Å². The Balaban J connectivity index is 0.000000456. The normalized spacial score (nSPS) is 27.6. The second-order valence-corrected chi connectivity index (χ2v) is 7.58. The number of methoxy groups -OCH3 is 1. The van der Waals surface area contributed by atoms with Crippen LogP contribution in [0.1, 0.15) is 66.7 Å². The fourth-order valence-electron chi connectivity index (χ4n) is 3.29. The van der Waals surface area contributed by atoms with Crippen LogP contribution in [0.4, 0.5) is 0 Å². The molecule has 1 heterocycles. The van der Waals surface area contributed by atoms with Crippen molar-refractivity contribution in [3.63, 3.8) is 0 Å². The highest BCUT2D eigenvalue weighted by Gasteiger charge is 2.43. The van der Waals surface area contributed by atoms with Crippen molar-refractivity contribution in [3.05, 3.63) is 0 Å². The summed E-state index contributed by atoms with van der Waals surface area (Å²) in [6.45, 7) is 9.81. The molecule has 0 aromatic heterocycles. The van der Waals surface area contributed by atoms with E-state index in [1.54, 1.807) is 0 Å². The van der Waals surface area contributed by atoms with Gasteiger partial charge in [-0.2, -0.15) is 0 Å². The van der Waals surface area contributed by atoms with Crippen LogP contribution in [0, 0.1) is 11.3 Å². The van der Waals surface area contributed by atoms with Crippen molar-refractivity contribution in [3.8, 4) is 0 Å². The second kappa shape index (κ2) is 10.8. The minimum Gasteiger partial charge on any atom is -0.468 e. The van der Waals surface area contributed by atoms with Crippen LogP contribution in [0.5, 0.6) is 0 Å². The van der Waals surface area contributed by atoms with Crippen molar-refractivity contribution in [1.82, 2.24) is 4.90 Å². The highest BCUT2D eigenvalue weighted by Crippen LogP contribution is 2.38. The summed E-state index contributed by atoms with van der Waals surface area (Å²) in [7, 11) is 3.55. The Morgan fingerprint density at radius 3 is 2.17 bits per heavy atom. The third kappa shape index (κ3) is 6.52. The van der Waals surface area contributed by atoms with Gasteiger partial charge in [0.1, 0.15) is 12.3 Å². The van der Waals surface area contributed by atoms with E-state index in [-0.39, 0.29) is 23.5 Å². The van der Waals surface area contributed by atoms with Crippen molar-refractivity contribution in [2.24, 2.45) is 17.1 Å². The van der Waals surface area contributed by atoms with Gasteiger partial charge in [-0.15, -0.1) is 0 Å². The molecule has 0 bridgehead atoms. The van der Waals surface area contributed by atoms with E-state index in [0.29, 0.717) is 6.04 Å². The van der Waals surface area contributed by atoms with Crippen LogP contribution in [0.2, 0.25) is 0 Å². The van der Waals surface area contributed by atoms with Gasteiger partial charge < -0.3 is 15.3 Å². The van der Waals surface area contributed by atoms with Crippen LogP contribution in [-0.4, -0.2) is 49.4 Å². The zero-order chi connectivity index (χ0) is 18.9. The van der Waals surface area contributed by atoms with Gasteiger partial charge in [0.15, 0.2) is 0 Å². The molecule has 5 heteroatoms. The molecule has 2 fully saturated rings. The number of carbonyl (C=O) groups excluding carboxylic acids is 2. The molecule has 4 atom stereocenters. The van der Waals surface area contributed by atoms with E-state index >= 15 is 0 Å². The van der Waals surface area contributed by atoms with Crippen LogP contribution >= 0.6 is 0 Å². The average Bonchev–Trinajstić information content (AvgIpc) is 2.92. The number of nitrogens with two attached hydrogens (primary N) is 1. The number of esters is 1. The fraction of sp³-hybridized carbons (Fsp3) is 0.895. The Labute approximate surface area is 148 Å². The number of likely N-dealkylation sites (N-methyl/N-ethyl adjacent to an activating group) is 1. The number of nitrogens with zero attached hydrogens (tertiary/aromatic N) is 1. The van der Waals surface area contributed by atoms with Gasteiger partial charge in [0, 0.05) is 6.04 Å². The lowest BCUT2D eigenvalue weighted by Gasteiger charge is -2.30. The molecule has 2 rings (SSSR count). The van der Waals surface area contributed by atoms with Crippen molar-refractivity contribution in [1.29, 1.82) is 0 Å². The lowest BCUT2D eigenvalue weighted by molar-refractivity contribution is -0.145. The molecule has 1 saturated carbocycles. The molecule has 0 amide bonds. The third-order valence-electron chi connectivity index (χ3n) is 5.03. The summed E-state index contributed by atoms with van der Waals surface area (Å²) in [5.41, 5.74) is 5.30. The maximum atomic E-state index is 11.5. The SMILES string of the molecule is CC.CC(C)(C)C(N)C=O.COC(=O)C1CC2CCCCC2N1C. The van der Waals surface area contributed by atoms with Crippen molar-refractivity contribution in [2.75, 3.05) is 14.2 Å². The van der Waals surface area contributed by atoms with E-state index in [9.17, 15) is 9.59 Å². The first-order valence-electron chi connectivity index (χ1n) is 9.23. The van der Waals surface area contributed by atoms with Gasteiger partial charge in [-0.25, -0.2) is 0 Å². The van der Waals surface area contributed by atoms with Gasteiger partial charge in [-0.05, 0) is 37.6 Å². The van der Waals surface area contributed by atoms with Gasteiger partial charge in [0.25, 0.3) is 0 Å². The molecule has 5 nitrogen and oxygen atoms in total. The van der Waals surface area contributed by atoms with E-state index < -0.39 is 0 Å². The van der Waals surface area contributed by atoms with Crippen LogP contribution in [0.15, 0.2) is 0 Å². The number of fused-ring (bicyclic) bond motifs is 1. The summed E-state index contributed by atoms with van der Waals surface area (Å²) < 4.78 is 4.83. The number of aldehydes is 1. The van der Waals surface area contributed by atoms with Gasteiger partial charge >= 0.3 is 5.97 Å². The lowest BCUT2D eigenvalue weighted by Crippen LogP contribution is -2.39. The van der Waals surface area contributed by atoms with Crippen LogP contribution in [0.25, 0.3) is 0 Å². The Bertz CT molecular complexity index is 379. The maximum Gasteiger partial charge on any atom is 0.323 e. The predicted octanol–water partition coefficient (Wildman–Crippen LogP) is 3.01. The Hall–Kier alpha value is -0.940. The summed E-state index contributed by atoms with van der Waals surface area (Å²) in [6.07, 6.45) is 6.99. The number of ether oxygens (including phenoxy) is 1. The molecule has 4 unspecified atom stereocenters. The lowest BCUT2D eigenvalue weighted by atomic mass is 9.85. The van der Waals surface area contributed by atoms with Crippen molar-refractivity contribution >= 4 is 12.3 Å². The molecule has 24 heavy (non-hydrogen) atoms. The number of likely N-dealkylation sites (tertiary alicyclic amines) is 1. The third-order valence-corrected chi connectivity index (χ3v) is 5.03. The highest BCUT2D eigenvalue weighted by atomic mass is 16.5. The molecule has 1 saturated heterocycles. The summed E-state index contributed by atoms with van der Waals surface area (Å²) in [6, 6.07) is 0.323. The standard InChI is InChI=1S/C11H19NO2.C6H13NO.C2H6/c1-12-9-6-4-3-5-8(9)7-10(12)11(13)14-2;1-6(2,3)5(7)4-8;1-2/h8-10H,3-7H2,1-2H3;4-5H,7H2,1-3H3;1-2H3. The molecule has 142 valence electrons. The molecule has 0 aromatic carbocycles. The maximum absolute atomic E-state index is 11.5. The number of carbonyl (C=O) groups is 2.